The Labute approximate surface area is 107 Å². The molecule has 1 aromatic rings. The molecule has 4 heteroatoms. The third-order valence-electron chi connectivity index (χ3n) is 2.87. The highest BCUT2D eigenvalue weighted by Gasteiger charge is 2.10. The minimum absolute atomic E-state index is 0.140. The van der Waals surface area contributed by atoms with Crippen molar-refractivity contribution < 1.29 is 9.90 Å². The number of carboxylic acids is 1. The Morgan fingerprint density at radius 2 is 2.00 bits per heavy atom. The molecule has 0 aliphatic heterocycles. The van der Waals surface area contributed by atoms with E-state index in [-0.39, 0.29) is 18.5 Å². The van der Waals surface area contributed by atoms with Crippen LogP contribution in [0.1, 0.15) is 43.9 Å². The van der Waals surface area contributed by atoms with Crippen molar-refractivity contribution in [3.05, 3.63) is 35.4 Å². The maximum Gasteiger partial charge on any atom is 0.303 e. The molecule has 4 nitrogen and oxygen atoms in total. The highest BCUT2D eigenvalue weighted by Crippen LogP contribution is 2.14. The lowest BCUT2D eigenvalue weighted by Crippen LogP contribution is -2.29. The van der Waals surface area contributed by atoms with Crippen LogP contribution < -0.4 is 5.32 Å². The minimum atomic E-state index is -0.769. The Balaban J connectivity index is 2.51. The van der Waals surface area contributed by atoms with Crippen LogP contribution in [-0.4, -0.2) is 17.1 Å². The number of hydrogen-bond donors (Lipinski definition) is 2. The van der Waals surface area contributed by atoms with Crippen LogP contribution in [0.25, 0.3) is 0 Å². The van der Waals surface area contributed by atoms with Crippen LogP contribution in [0.5, 0.6) is 0 Å². The molecular weight excluding hydrogens is 228 g/mol. The van der Waals surface area contributed by atoms with Crippen molar-refractivity contribution in [1.82, 2.24) is 5.32 Å². The maximum absolute atomic E-state index is 10.5. The van der Waals surface area contributed by atoms with E-state index in [2.05, 4.69) is 11.4 Å². The predicted octanol–water partition coefficient (Wildman–Crippen LogP) is 2.46. The van der Waals surface area contributed by atoms with Crippen LogP contribution in [0, 0.1) is 11.3 Å². The van der Waals surface area contributed by atoms with E-state index >= 15 is 0 Å². The van der Waals surface area contributed by atoms with Gasteiger partial charge in [0.2, 0.25) is 0 Å². The van der Waals surface area contributed by atoms with Crippen LogP contribution in [0.3, 0.4) is 0 Å². The first-order chi connectivity index (χ1) is 8.52. The van der Waals surface area contributed by atoms with Crippen LogP contribution in [0.15, 0.2) is 24.3 Å². The summed E-state index contributed by atoms with van der Waals surface area (Å²) < 4.78 is 0. The van der Waals surface area contributed by atoms with Gasteiger partial charge < -0.3 is 10.4 Å². The van der Waals surface area contributed by atoms with Gasteiger partial charge in [-0.05, 0) is 38.0 Å². The number of benzene rings is 1. The second-order valence-electron chi connectivity index (χ2n) is 4.46. The number of nitrogens with zero attached hydrogens (tertiary/aromatic N) is 1. The number of aliphatic carboxylic acids is 1. The van der Waals surface area contributed by atoms with Crippen molar-refractivity contribution in [3.8, 4) is 6.07 Å². The Kier molecular flexibility index (Phi) is 5.34. The van der Waals surface area contributed by atoms with Crippen LogP contribution >= 0.6 is 0 Å². The second-order valence-corrected chi connectivity index (χ2v) is 4.46. The molecule has 1 rings (SSSR count). The summed E-state index contributed by atoms with van der Waals surface area (Å²) in [6.07, 6.45) is 0.782. The van der Waals surface area contributed by atoms with Crippen LogP contribution in [0.4, 0.5) is 0 Å². The zero-order chi connectivity index (χ0) is 13.5. The van der Waals surface area contributed by atoms with Crippen molar-refractivity contribution in [2.75, 3.05) is 0 Å². The van der Waals surface area contributed by atoms with Gasteiger partial charge in [-0.2, -0.15) is 5.26 Å². The number of hydrogen-bond acceptors (Lipinski definition) is 3. The Hall–Kier alpha value is -1.86. The lowest BCUT2D eigenvalue weighted by Gasteiger charge is -2.19. The van der Waals surface area contributed by atoms with Gasteiger partial charge in [-0.25, -0.2) is 0 Å². The second kappa shape index (κ2) is 6.77. The highest BCUT2D eigenvalue weighted by molar-refractivity contribution is 5.66. The molecule has 0 fully saturated rings. The number of rotatable bonds is 6. The third kappa shape index (κ3) is 4.56. The van der Waals surface area contributed by atoms with Gasteiger partial charge in [0.05, 0.1) is 11.6 Å². The molecule has 2 N–H and O–H groups in total. The van der Waals surface area contributed by atoms with E-state index in [1.54, 1.807) is 12.1 Å². The molecule has 1 aromatic carbocycles. The summed E-state index contributed by atoms with van der Waals surface area (Å²) in [7, 11) is 0. The molecule has 0 spiro atoms. The van der Waals surface area contributed by atoms with Gasteiger partial charge in [-0.3, -0.25) is 4.79 Å². The van der Waals surface area contributed by atoms with Crippen molar-refractivity contribution in [1.29, 1.82) is 5.26 Å². The topological polar surface area (TPSA) is 73.1 Å². The average Bonchev–Trinajstić information content (AvgIpc) is 2.36. The zero-order valence-corrected chi connectivity index (χ0v) is 10.7. The van der Waals surface area contributed by atoms with Gasteiger partial charge in [0.1, 0.15) is 0 Å². The van der Waals surface area contributed by atoms with Gasteiger partial charge in [0.25, 0.3) is 0 Å². The fourth-order valence-corrected chi connectivity index (χ4v) is 1.79. The molecule has 0 aliphatic rings. The van der Waals surface area contributed by atoms with E-state index in [0.29, 0.717) is 12.0 Å². The first-order valence-corrected chi connectivity index (χ1v) is 6.01. The van der Waals surface area contributed by atoms with E-state index in [9.17, 15) is 4.79 Å². The molecule has 0 saturated carbocycles. The first-order valence-electron chi connectivity index (χ1n) is 6.01. The molecule has 18 heavy (non-hydrogen) atoms. The summed E-state index contributed by atoms with van der Waals surface area (Å²) in [5.74, 6) is -0.769. The van der Waals surface area contributed by atoms with E-state index in [4.69, 9.17) is 10.4 Å². The van der Waals surface area contributed by atoms with Gasteiger partial charge in [0, 0.05) is 18.5 Å². The summed E-state index contributed by atoms with van der Waals surface area (Å²) in [6, 6.07) is 9.77. The molecule has 0 aliphatic carbocycles. The van der Waals surface area contributed by atoms with Crippen molar-refractivity contribution >= 4 is 5.97 Å². The molecule has 2 unspecified atom stereocenters. The van der Waals surface area contributed by atoms with Gasteiger partial charge in [-0.1, -0.05) is 12.1 Å². The lowest BCUT2D eigenvalue weighted by atomic mass is 10.0. The lowest BCUT2D eigenvalue weighted by molar-refractivity contribution is -0.137. The molecule has 2 atom stereocenters. The van der Waals surface area contributed by atoms with Crippen molar-refractivity contribution in [2.45, 2.75) is 38.8 Å². The van der Waals surface area contributed by atoms with Gasteiger partial charge >= 0.3 is 5.97 Å². The number of carbonyl (C=O) groups is 1. The van der Waals surface area contributed by atoms with E-state index in [1.165, 1.54) is 0 Å². The monoisotopic (exact) mass is 246 g/mol. The molecule has 96 valence electrons. The summed E-state index contributed by atoms with van der Waals surface area (Å²) in [6.45, 7) is 4.00. The molecule has 0 bridgehead atoms. The van der Waals surface area contributed by atoms with E-state index in [0.717, 1.165) is 5.56 Å². The van der Waals surface area contributed by atoms with Gasteiger partial charge in [0.15, 0.2) is 0 Å². The van der Waals surface area contributed by atoms with Crippen LogP contribution in [0.2, 0.25) is 0 Å². The zero-order valence-electron chi connectivity index (χ0n) is 10.7. The van der Waals surface area contributed by atoms with E-state index in [1.807, 2.05) is 26.0 Å². The van der Waals surface area contributed by atoms with E-state index < -0.39 is 5.97 Å². The molecule has 0 saturated heterocycles. The minimum Gasteiger partial charge on any atom is -0.481 e. The molecule has 0 aromatic heterocycles. The summed E-state index contributed by atoms with van der Waals surface area (Å²) in [5, 5.41) is 20.7. The fraction of sp³-hybridized carbons (Fsp3) is 0.429. The number of nitrogens with one attached hydrogen (secondary N) is 1. The quantitative estimate of drug-likeness (QED) is 0.808. The average molecular weight is 246 g/mol. The number of nitriles is 1. The highest BCUT2D eigenvalue weighted by atomic mass is 16.4. The van der Waals surface area contributed by atoms with Gasteiger partial charge in [-0.15, -0.1) is 0 Å². The SMILES string of the molecule is CC(CCC(=O)O)NC(C)c1ccc(C#N)cc1. The third-order valence-corrected chi connectivity index (χ3v) is 2.87. The predicted molar refractivity (Wildman–Crippen MR) is 69.0 cm³/mol. The normalized spacial score (nSPS) is 13.6. The first kappa shape index (κ1) is 14.2. The molecule has 0 heterocycles. The maximum atomic E-state index is 10.5. The smallest absolute Gasteiger partial charge is 0.303 e. The largest absolute Gasteiger partial charge is 0.481 e. The summed E-state index contributed by atoms with van der Waals surface area (Å²) in [5.41, 5.74) is 1.74. The molecule has 0 amide bonds. The molecule has 0 radical (unpaired) electrons. The summed E-state index contributed by atoms with van der Waals surface area (Å²) in [4.78, 5) is 10.5. The fourth-order valence-electron chi connectivity index (χ4n) is 1.79. The summed E-state index contributed by atoms with van der Waals surface area (Å²) >= 11 is 0. The van der Waals surface area contributed by atoms with Crippen molar-refractivity contribution in [3.63, 3.8) is 0 Å². The van der Waals surface area contributed by atoms with Crippen LogP contribution in [-0.2, 0) is 4.79 Å². The Morgan fingerprint density at radius 1 is 1.39 bits per heavy atom. The Morgan fingerprint density at radius 3 is 2.50 bits per heavy atom. The Bertz CT molecular complexity index is 434. The standard InChI is InChI=1S/C14H18N2O2/c1-10(3-8-14(17)18)16-11(2)13-6-4-12(9-15)5-7-13/h4-7,10-11,16H,3,8H2,1-2H3,(H,17,18). The number of carboxylic acid groups (broad SMARTS) is 1. The molecular formula is C14H18N2O2. The van der Waals surface area contributed by atoms with Crippen molar-refractivity contribution in [2.24, 2.45) is 0 Å².